The third-order valence-corrected chi connectivity index (χ3v) is 6.37. The molecule has 1 aromatic carbocycles. The first-order valence-corrected chi connectivity index (χ1v) is 10.3. The number of ether oxygens (including phenoxy) is 1. The number of esters is 1. The maximum atomic E-state index is 12.8. The summed E-state index contributed by atoms with van der Waals surface area (Å²) in [4.78, 5) is 45.0. The molecule has 3 heterocycles. The van der Waals surface area contributed by atoms with Crippen LogP contribution in [0.3, 0.4) is 0 Å². The smallest absolute Gasteiger partial charge is 0.349 e. The zero-order valence-corrected chi connectivity index (χ0v) is 17.3. The van der Waals surface area contributed by atoms with E-state index in [1.165, 1.54) is 4.90 Å². The number of hydrogen-bond acceptors (Lipinski definition) is 6. The van der Waals surface area contributed by atoms with Crippen molar-refractivity contribution in [3.63, 3.8) is 0 Å². The van der Waals surface area contributed by atoms with E-state index in [9.17, 15) is 14.4 Å². The van der Waals surface area contributed by atoms with E-state index in [1.54, 1.807) is 37.6 Å². The zero-order valence-electron chi connectivity index (χ0n) is 16.5. The van der Waals surface area contributed by atoms with E-state index < -0.39 is 12.1 Å². The Labute approximate surface area is 171 Å². The van der Waals surface area contributed by atoms with Crippen molar-refractivity contribution in [1.82, 2.24) is 9.55 Å². The Balaban J connectivity index is 1.58. The average Bonchev–Trinajstić information content (AvgIpc) is 3.32. The van der Waals surface area contributed by atoms with Crippen molar-refractivity contribution in [3.05, 3.63) is 57.0 Å². The number of hydrogen-bond donors (Lipinski definition) is 0. The van der Waals surface area contributed by atoms with E-state index in [-0.39, 0.29) is 11.5 Å². The summed E-state index contributed by atoms with van der Waals surface area (Å²) in [5.41, 5.74) is 1.17. The summed E-state index contributed by atoms with van der Waals surface area (Å²) in [6, 6.07) is 9.14. The van der Waals surface area contributed by atoms with Gasteiger partial charge in [-0.3, -0.25) is 14.2 Å². The van der Waals surface area contributed by atoms with Gasteiger partial charge >= 0.3 is 5.97 Å². The molecule has 1 aliphatic rings. The van der Waals surface area contributed by atoms with Crippen LogP contribution in [0.25, 0.3) is 10.2 Å². The van der Waals surface area contributed by atoms with Gasteiger partial charge in [-0.15, -0.1) is 11.3 Å². The molecule has 0 aliphatic carbocycles. The number of carbonyl (C=O) groups excluding carboxylic acids is 2. The fourth-order valence-corrected chi connectivity index (χ4v) is 4.66. The molecule has 0 saturated carbocycles. The quantitative estimate of drug-likeness (QED) is 0.617. The Morgan fingerprint density at radius 3 is 2.72 bits per heavy atom. The molecule has 0 bridgehead atoms. The van der Waals surface area contributed by atoms with Crippen molar-refractivity contribution in [2.45, 2.75) is 39.3 Å². The Hall–Kier alpha value is -3.00. The summed E-state index contributed by atoms with van der Waals surface area (Å²) in [7, 11) is 1.64. The summed E-state index contributed by atoms with van der Waals surface area (Å²) in [6.45, 7) is 3.93. The number of likely N-dealkylation sites (N-methyl/N-ethyl adjacent to an activating group) is 1. The maximum Gasteiger partial charge on any atom is 0.349 e. The first kappa shape index (κ1) is 19.3. The van der Waals surface area contributed by atoms with Crippen LogP contribution in [0.2, 0.25) is 0 Å². The van der Waals surface area contributed by atoms with Crippen LogP contribution in [0.1, 0.15) is 34.4 Å². The number of anilines is 1. The van der Waals surface area contributed by atoms with Crippen LogP contribution in [0.15, 0.2) is 35.1 Å². The Kier molecular flexibility index (Phi) is 4.96. The molecule has 0 unspecified atom stereocenters. The van der Waals surface area contributed by atoms with Crippen LogP contribution in [0.4, 0.5) is 5.69 Å². The molecule has 2 aromatic heterocycles. The molecule has 0 fully saturated rings. The van der Waals surface area contributed by atoms with Gasteiger partial charge in [0.15, 0.2) is 6.10 Å². The van der Waals surface area contributed by atoms with Gasteiger partial charge in [0.1, 0.15) is 15.5 Å². The topological polar surface area (TPSA) is 81.5 Å². The minimum Gasteiger partial charge on any atom is -0.448 e. The normalized spacial score (nSPS) is 13.9. The second-order valence-electron chi connectivity index (χ2n) is 7.11. The lowest BCUT2D eigenvalue weighted by Gasteiger charge is -2.21. The van der Waals surface area contributed by atoms with Gasteiger partial charge in [-0.1, -0.05) is 18.2 Å². The highest BCUT2D eigenvalue weighted by Crippen LogP contribution is 2.29. The van der Waals surface area contributed by atoms with Crippen LogP contribution in [0, 0.1) is 6.92 Å². The van der Waals surface area contributed by atoms with Gasteiger partial charge in [0.05, 0.1) is 5.39 Å². The van der Waals surface area contributed by atoms with Crippen LogP contribution >= 0.6 is 11.3 Å². The molecule has 4 rings (SSSR count). The van der Waals surface area contributed by atoms with Crippen molar-refractivity contribution < 1.29 is 14.3 Å². The minimum absolute atomic E-state index is 0.108. The van der Waals surface area contributed by atoms with Crippen molar-refractivity contribution >= 4 is 39.1 Å². The van der Waals surface area contributed by atoms with E-state index in [4.69, 9.17) is 4.74 Å². The third-order valence-electron chi connectivity index (χ3n) is 5.20. The molecular formula is C21H21N3O4S. The Morgan fingerprint density at radius 1 is 1.28 bits per heavy atom. The number of para-hydroxylation sites is 1. The Bertz CT molecular complexity index is 1170. The van der Waals surface area contributed by atoms with Crippen molar-refractivity contribution in [2.24, 2.45) is 0 Å². The number of aromatic nitrogens is 2. The van der Waals surface area contributed by atoms with E-state index in [0.717, 1.165) is 30.0 Å². The molecule has 0 saturated heterocycles. The fraction of sp³-hybridized carbons (Fsp3) is 0.333. The van der Waals surface area contributed by atoms with Crippen LogP contribution in [-0.4, -0.2) is 34.6 Å². The van der Waals surface area contributed by atoms with Crippen LogP contribution in [0.5, 0.6) is 0 Å². The monoisotopic (exact) mass is 411 g/mol. The highest BCUT2D eigenvalue weighted by molar-refractivity contribution is 7.20. The molecule has 3 aromatic rings. The molecule has 1 aliphatic heterocycles. The number of benzene rings is 1. The number of amides is 1. The van der Waals surface area contributed by atoms with Gasteiger partial charge in [-0.25, -0.2) is 9.78 Å². The largest absolute Gasteiger partial charge is 0.448 e. The minimum atomic E-state index is -0.962. The summed E-state index contributed by atoms with van der Waals surface area (Å²) in [6.07, 6.45) is 0.706. The second kappa shape index (κ2) is 7.44. The van der Waals surface area contributed by atoms with Crippen molar-refractivity contribution in [2.75, 3.05) is 11.9 Å². The molecule has 0 radical (unpaired) electrons. The maximum absolute atomic E-state index is 12.8. The van der Waals surface area contributed by atoms with Crippen molar-refractivity contribution in [1.29, 1.82) is 0 Å². The molecule has 8 heteroatoms. The zero-order chi connectivity index (χ0) is 20.7. The first-order valence-electron chi connectivity index (χ1n) is 9.45. The molecule has 7 nitrogen and oxygen atoms in total. The predicted octanol–water partition coefficient (Wildman–Crippen LogP) is 2.92. The molecular weight excluding hydrogens is 390 g/mol. The third kappa shape index (κ3) is 3.33. The van der Waals surface area contributed by atoms with Crippen molar-refractivity contribution in [3.8, 4) is 0 Å². The van der Waals surface area contributed by atoms with Gasteiger partial charge in [0, 0.05) is 25.7 Å². The average molecular weight is 411 g/mol. The Morgan fingerprint density at radius 2 is 2.00 bits per heavy atom. The summed E-state index contributed by atoms with van der Waals surface area (Å²) in [5.74, 6) is -0.186. The molecule has 0 spiro atoms. The predicted molar refractivity (Wildman–Crippen MR) is 112 cm³/mol. The fourth-order valence-electron chi connectivity index (χ4n) is 3.59. The molecule has 1 amide bonds. The number of fused-ring (bicyclic) bond motifs is 2. The van der Waals surface area contributed by atoms with E-state index in [2.05, 4.69) is 4.98 Å². The van der Waals surface area contributed by atoms with E-state index in [0.29, 0.717) is 32.9 Å². The standard InChI is InChI=1S/C21H21N3O4S/c1-12-16-18(22-15-10-7-11-24(15)20(16)26)29-17(12)21(27)28-13(2)19(25)23(3)14-8-5-4-6-9-14/h4-6,8-9,13H,7,10-11H2,1-3H3/t13-/m1/s1. The SMILES string of the molecule is Cc1c(C(=O)O[C@H](C)C(=O)N(C)c2ccccc2)sc2nc3n(c(=O)c12)CCC3. The van der Waals surface area contributed by atoms with Crippen LogP contribution < -0.4 is 10.5 Å². The highest BCUT2D eigenvalue weighted by atomic mass is 32.1. The summed E-state index contributed by atoms with van der Waals surface area (Å²) >= 11 is 1.15. The van der Waals surface area contributed by atoms with Gasteiger partial charge in [-0.2, -0.15) is 0 Å². The number of aryl methyl sites for hydroxylation is 2. The lowest BCUT2D eigenvalue weighted by atomic mass is 10.2. The number of carbonyl (C=O) groups is 2. The van der Waals surface area contributed by atoms with Gasteiger partial charge in [0.25, 0.3) is 11.5 Å². The number of nitrogens with zero attached hydrogens (tertiary/aromatic N) is 3. The lowest BCUT2D eigenvalue weighted by molar-refractivity contribution is -0.126. The molecule has 0 N–H and O–H groups in total. The van der Waals surface area contributed by atoms with Gasteiger partial charge in [-0.05, 0) is 38.0 Å². The van der Waals surface area contributed by atoms with E-state index >= 15 is 0 Å². The van der Waals surface area contributed by atoms with Crippen LogP contribution in [-0.2, 0) is 22.5 Å². The van der Waals surface area contributed by atoms with Gasteiger partial charge < -0.3 is 9.64 Å². The lowest BCUT2D eigenvalue weighted by Crippen LogP contribution is -2.37. The number of thiophene rings is 1. The number of rotatable bonds is 4. The molecule has 150 valence electrons. The molecule has 29 heavy (non-hydrogen) atoms. The first-order chi connectivity index (χ1) is 13.9. The molecule has 1 atom stereocenters. The highest BCUT2D eigenvalue weighted by Gasteiger charge is 2.27. The second-order valence-corrected chi connectivity index (χ2v) is 8.10. The van der Waals surface area contributed by atoms with E-state index in [1.807, 2.05) is 18.2 Å². The summed E-state index contributed by atoms with van der Waals surface area (Å²) in [5, 5.41) is 0.466. The van der Waals surface area contributed by atoms with Gasteiger partial charge in [0.2, 0.25) is 0 Å². The summed E-state index contributed by atoms with van der Waals surface area (Å²) < 4.78 is 7.11.